The van der Waals surface area contributed by atoms with Crippen LogP contribution in [-0.4, -0.2) is 42.5 Å². The van der Waals surface area contributed by atoms with E-state index in [-0.39, 0.29) is 5.91 Å². The molecule has 4 nitrogen and oxygen atoms in total. The summed E-state index contributed by atoms with van der Waals surface area (Å²) in [6, 6.07) is 0. The van der Waals surface area contributed by atoms with Gasteiger partial charge in [-0.3, -0.25) is 4.79 Å². The van der Waals surface area contributed by atoms with E-state index in [0.717, 1.165) is 39.0 Å². The highest BCUT2D eigenvalue weighted by Gasteiger charge is 2.39. The van der Waals surface area contributed by atoms with Gasteiger partial charge in [0.15, 0.2) is 0 Å². The maximum atomic E-state index is 11.7. The van der Waals surface area contributed by atoms with Crippen LogP contribution in [0.1, 0.15) is 40.0 Å². The Kier molecular flexibility index (Phi) is 5.40. The van der Waals surface area contributed by atoms with Crippen molar-refractivity contribution in [2.75, 3.05) is 26.2 Å². The molecule has 0 aromatic rings. The molecule has 0 atom stereocenters. The van der Waals surface area contributed by atoms with E-state index < -0.39 is 5.54 Å². The van der Waals surface area contributed by atoms with E-state index in [2.05, 4.69) is 31.0 Å². The first kappa shape index (κ1) is 14.5. The van der Waals surface area contributed by atoms with Crippen LogP contribution in [0.25, 0.3) is 0 Å². The lowest BCUT2D eigenvalue weighted by atomic mass is 9.86. The molecular weight excluding hydrogens is 214 g/mol. The van der Waals surface area contributed by atoms with Gasteiger partial charge in [0.25, 0.3) is 0 Å². The van der Waals surface area contributed by atoms with E-state index in [1.165, 1.54) is 6.42 Å². The normalized spacial score (nSPS) is 20.7. The number of nitrogens with two attached hydrogens (primary N) is 1. The van der Waals surface area contributed by atoms with Crippen molar-refractivity contribution >= 4 is 5.91 Å². The predicted molar refractivity (Wildman–Crippen MR) is 70.7 cm³/mol. The molecule has 0 unspecified atom stereocenters. The van der Waals surface area contributed by atoms with Crippen molar-refractivity contribution in [3.05, 3.63) is 0 Å². The lowest BCUT2D eigenvalue weighted by molar-refractivity contribution is -0.126. The van der Waals surface area contributed by atoms with Gasteiger partial charge < -0.3 is 16.0 Å². The Hall–Kier alpha value is -0.610. The van der Waals surface area contributed by atoms with Crippen molar-refractivity contribution in [1.82, 2.24) is 10.2 Å². The van der Waals surface area contributed by atoms with Crippen molar-refractivity contribution in [1.29, 1.82) is 0 Å². The maximum Gasteiger partial charge on any atom is 0.237 e. The number of carbonyl (C=O) groups is 1. The SMILES string of the molecule is CCCN1CCC(NCC(C)C)(C(N)=O)CC1. The second-order valence-corrected chi connectivity index (χ2v) is 5.56. The zero-order valence-corrected chi connectivity index (χ0v) is 11.5. The molecule has 1 rings (SSSR count). The summed E-state index contributed by atoms with van der Waals surface area (Å²) in [5.74, 6) is 0.356. The average Bonchev–Trinajstić information content (AvgIpc) is 2.28. The van der Waals surface area contributed by atoms with Crippen molar-refractivity contribution in [3.63, 3.8) is 0 Å². The predicted octanol–water partition coefficient (Wildman–Crippen LogP) is 0.962. The molecule has 4 heteroatoms. The van der Waals surface area contributed by atoms with Gasteiger partial charge in [-0.05, 0) is 38.3 Å². The number of rotatable bonds is 6. The zero-order valence-electron chi connectivity index (χ0n) is 11.5. The van der Waals surface area contributed by atoms with Crippen LogP contribution < -0.4 is 11.1 Å². The minimum atomic E-state index is -0.464. The topological polar surface area (TPSA) is 58.4 Å². The zero-order chi connectivity index (χ0) is 12.9. The Morgan fingerprint density at radius 2 is 2.00 bits per heavy atom. The first-order valence-corrected chi connectivity index (χ1v) is 6.77. The molecule has 1 aliphatic rings. The molecule has 1 amide bonds. The number of nitrogens with one attached hydrogen (secondary N) is 1. The van der Waals surface area contributed by atoms with Gasteiger partial charge in [-0.25, -0.2) is 0 Å². The van der Waals surface area contributed by atoms with E-state index >= 15 is 0 Å². The van der Waals surface area contributed by atoms with Gasteiger partial charge in [-0.15, -0.1) is 0 Å². The third-order valence-electron chi connectivity index (χ3n) is 3.57. The van der Waals surface area contributed by atoms with Crippen LogP contribution in [0.15, 0.2) is 0 Å². The summed E-state index contributed by atoms with van der Waals surface area (Å²) in [5.41, 5.74) is 5.12. The first-order valence-electron chi connectivity index (χ1n) is 6.77. The molecular formula is C13H27N3O. The van der Waals surface area contributed by atoms with Gasteiger partial charge >= 0.3 is 0 Å². The quantitative estimate of drug-likeness (QED) is 0.728. The molecule has 0 bridgehead atoms. The number of hydrogen-bond acceptors (Lipinski definition) is 3. The number of nitrogens with zero attached hydrogens (tertiary/aromatic N) is 1. The molecule has 100 valence electrons. The summed E-state index contributed by atoms with van der Waals surface area (Å²) in [6.45, 7) is 10.4. The van der Waals surface area contributed by atoms with Crippen LogP contribution in [0.2, 0.25) is 0 Å². The number of likely N-dealkylation sites (tertiary alicyclic amines) is 1. The van der Waals surface area contributed by atoms with Crippen molar-refractivity contribution < 1.29 is 4.79 Å². The molecule has 1 fully saturated rings. The molecule has 0 aliphatic carbocycles. The van der Waals surface area contributed by atoms with E-state index in [1.807, 2.05) is 0 Å². The number of hydrogen-bond donors (Lipinski definition) is 2. The highest BCUT2D eigenvalue weighted by atomic mass is 16.1. The fraction of sp³-hybridized carbons (Fsp3) is 0.923. The number of amides is 1. The number of piperidine rings is 1. The van der Waals surface area contributed by atoms with Crippen LogP contribution >= 0.6 is 0 Å². The van der Waals surface area contributed by atoms with Crippen LogP contribution in [0.4, 0.5) is 0 Å². The monoisotopic (exact) mass is 241 g/mol. The third kappa shape index (κ3) is 3.96. The van der Waals surface area contributed by atoms with Crippen molar-refractivity contribution in [3.8, 4) is 0 Å². The average molecular weight is 241 g/mol. The molecule has 0 saturated carbocycles. The Bertz CT molecular complexity index is 245. The minimum absolute atomic E-state index is 0.186. The summed E-state index contributed by atoms with van der Waals surface area (Å²) < 4.78 is 0. The highest BCUT2D eigenvalue weighted by molar-refractivity contribution is 5.84. The molecule has 0 radical (unpaired) electrons. The number of carbonyl (C=O) groups excluding carboxylic acids is 1. The lowest BCUT2D eigenvalue weighted by Gasteiger charge is -2.40. The van der Waals surface area contributed by atoms with E-state index in [0.29, 0.717) is 5.92 Å². The summed E-state index contributed by atoms with van der Waals surface area (Å²) in [4.78, 5) is 14.1. The largest absolute Gasteiger partial charge is 0.368 e. The van der Waals surface area contributed by atoms with Gasteiger partial charge in [0.2, 0.25) is 5.91 Å². The second-order valence-electron chi connectivity index (χ2n) is 5.56. The van der Waals surface area contributed by atoms with E-state index in [9.17, 15) is 4.79 Å². The molecule has 1 saturated heterocycles. The Morgan fingerprint density at radius 3 is 2.41 bits per heavy atom. The molecule has 0 aromatic carbocycles. The molecule has 0 spiro atoms. The first-order chi connectivity index (χ1) is 8.00. The molecule has 1 heterocycles. The van der Waals surface area contributed by atoms with Crippen LogP contribution in [0.3, 0.4) is 0 Å². The molecule has 3 N–H and O–H groups in total. The lowest BCUT2D eigenvalue weighted by Crippen LogP contribution is -2.61. The maximum absolute atomic E-state index is 11.7. The summed E-state index contributed by atoms with van der Waals surface area (Å²) in [5, 5.41) is 3.40. The Morgan fingerprint density at radius 1 is 1.41 bits per heavy atom. The molecule has 17 heavy (non-hydrogen) atoms. The van der Waals surface area contributed by atoms with Crippen LogP contribution in [0, 0.1) is 5.92 Å². The summed E-state index contributed by atoms with van der Waals surface area (Å²) in [7, 11) is 0. The van der Waals surface area contributed by atoms with Gasteiger partial charge in [0.1, 0.15) is 5.54 Å². The third-order valence-corrected chi connectivity index (χ3v) is 3.57. The van der Waals surface area contributed by atoms with E-state index in [4.69, 9.17) is 5.73 Å². The standard InChI is InChI=1S/C13H27N3O/c1-4-7-16-8-5-13(6-9-16,12(14)17)15-10-11(2)3/h11,15H,4-10H2,1-3H3,(H2,14,17). The fourth-order valence-corrected chi connectivity index (χ4v) is 2.38. The minimum Gasteiger partial charge on any atom is -0.368 e. The molecule has 1 aliphatic heterocycles. The van der Waals surface area contributed by atoms with Gasteiger partial charge in [-0.2, -0.15) is 0 Å². The van der Waals surface area contributed by atoms with E-state index in [1.54, 1.807) is 0 Å². The fourth-order valence-electron chi connectivity index (χ4n) is 2.38. The molecule has 0 aromatic heterocycles. The van der Waals surface area contributed by atoms with Crippen molar-refractivity contribution in [2.45, 2.75) is 45.6 Å². The highest BCUT2D eigenvalue weighted by Crippen LogP contribution is 2.22. The van der Waals surface area contributed by atoms with Gasteiger partial charge in [0, 0.05) is 13.1 Å². The Labute approximate surface area is 105 Å². The number of primary amides is 1. The van der Waals surface area contributed by atoms with Crippen LogP contribution in [-0.2, 0) is 4.79 Å². The Balaban J connectivity index is 2.54. The van der Waals surface area contributed by atoms with Gasteiger partial charge in [0.05, 0.1) is 0 Å². The second kappa shape index (κ2) is 6.36. The van der Waals surface area contributed by atoms with Gasteiger partial charge in [-0.1, -0.05) is 20.8 Å². The van der Waals surface area contributed by atoms with Crippen molar-refractivity contribution in [2.24, 2.45) is 11.7 Å². The smallest absolute Gasteiger partial charge is 0.237 e. The summed E-state index contributed by atoms with van der Waals surface area (Å²) >= 11 is 0. The van der Waals surface area contributed by atoms with Crippen LogP contribution in [0.5, 0.6) is 0 Å². The summed E-state index contributed by atoms with van der Waals surface area (Å²) in [6.07, 6.45) is 2.85.